The van der Waals surface area contributed by atoms with Gasteiger partial charge in [-0.15, -0.1) is 0 Å². The lowest BCUT2D eigenvalue weighted by Crippen LogP contribution is -2.40. The molecule has 1 aliphatic carbocycles. The number of benzene rings is 2. The van der Waals surface area contributed by atoms with E-state index in [-0.39, 0.29) is 24.3 Å². The van der Waals surface area contributed by atoms with Crippen molar-refractivity contribution in [3.63, 3.8) is 0 Å². The monoisotopic (exact) mass is 366 g/mol. The summed E-state index contributed by atoms with van der Waals surface area (Å²) in [5, 5.41) is 5.50. The van der Waals surface area contributed by atoms with Crippen LogP contribution >= 0.6 is 0 Å². The number of ether oxygens (including phenoxy) is 1. The standard InChI is InChI=1S/C22H26N2O3/c25-21(16-24-22(26)18-10-4-5-11-18)23-14-15-27-20-13-7-6-12-19(20)17-8-2-1-3-9-17/h1-3,6-9,12-13,18H,4-5,10-11,14-16H2,(H,23,25)(H,24,26). The molecule has 3 rings (SSSR count). The van der Waals surface area contributed by atoms with Crippen molar-refractivity contribution in [3.8, 4) is 16.9 Å². The van der Waals surface area contributed by atoms with E-state index in [0.717, 1.165) is 42.6 Å². The molecule has 1 aliphatic rings. The Balaban J connectivity index is 1.40. The van der Waals surface area contributed by atoms with Gasteiger partial charge in [0.2, 0.25) is 11.8 Å². The molecule has 5 heteroatoms. The van der Waals surface area contributed by atoms with Crippen LogP contribution in [0.4, 0.5) is 0 Å². The van der Waals surface area contributed by atoms with Gasteiger partial charge in [0.05, 0.1) is 13.1 Å². The summed E-state index contributed by atoms with van der Waals surface area (Å²) >= 11 is 0. The molecule has 1 fully saturated rings. The van der Waals surface area contributed by atoms with Crippen LogP contribution in [0.3, 0.4) is 0 Å². The lowest BCUT2D eigenvalue weighted by Gasteiger charge is -2.13. The molecule has 1 saturated carbocycles. The van der Waals surface area contributed by atoms with E-state index in [9.17, 15) is 9.59 Å². The highest BCUT2D eigenvalue weighted by molar-refractivity contribution is 5.85. The maximum absolute atomic E-state index is 11.9. The van der Waals surface area contributed by atoms with Gasteiger partial charge < -0.3 is 15.4 Å². The second kappa shape index (κ2) is 9.76. The van der Waals surface area contributed by atoms with Crippen molar-refractivity contribution >= 4 is 11.8 Å². The van der Waals surface area contributed by atoms with Crippen LogP contribution < -0.4 is 15.4 Å². The highest BCUT2D eigenvalue weighted by Crippen LogP contribution is 2.29. The van der Waals surface area contributed by atoms with Gasteiger partial charge in [0, 0.05) is 11.5 Å². The highest BCUT2D eigenvalue weighted by atomic mass is 16.5. The normalized spacial score (nSPS) is 13.9. The Hall–Kier alpha value is -2.82. The number of hydrogen-bond acceptors (Lipinski definition) is 3. The van der Waals surface area contributed by atoms with Gasteiger partial charge in [0.15, 0.2) is 0 Å². The van der Waals surface area contributed by atoms with Crippen molar-refractivity contribution in [1.29, 1.82) is 0 Å². The molecule has 0 unspecified atom stereocenters. The maximum atomic E-state index is 11.9. The van der Waals surface area contributed by atoms with Crippen molar-refractivity contribution in [2.24, 2.45) is 5.92 Å². The molecule has 0 aliphatic heterocycles. The molecule has 2 aromatic carbocycles. The van der Waals surface area contributed by atoms with E-state index in [1.165, 1.54) is 0 Å². The summed E-state index contributed by atoms with van der Waals surface area (Å²) in [4.78, 5) is 23.8. The van der Waals surface area contributed by atoms with Crippen LogP contribution in [0.1, 0.15) is 25.7 Å². The van der Waals surface area contributed by atoms with E-state index >= 15 is 0 Å². The zero-order chi connectivity index (χ0) is 18.9. The second-order valence-electron chi connectivity index (χ2n) is 6.76. The third-order valence-corrected chi connectivity index (χ3v) is 4.80. The fourth-order valence-electron chi connectivity index (χ4n) is 3.36. The molecule has 0 heterocycles. The first-order valence-electron chi connectivity index (χ1n) is 9.55. The van der Waals surface area contributed by atoms with E-state index in [0.29, 0.717) is 13.2 Å². The van der Waals surface area contributed by atoms with Gasteiger partial charge in [0.1, 0.15) is 12.4 Å². The summed E-state index contributed by atoms with van der Waals surface area (Å²) in [5.41, 5.74) is 2.11. The fraction of sp³-hybridized carbons (Fsp3) is 0.364. The van der Waals surface area contributed by atoms with Gasteiger partial charge in [-0.25, -0.2) is 0 Å². The number of nitrogens with one attached hydrogen (secondary N) is 2. The molecule has 0 aromatic heterocycles. The molecule has 2 N–H and O–H groups in total. The number of carbonyl (C=O) groups is 2. The van der Waals surface area contributed by atoms with Crippen LogP contribution in [0, 0.1) is 5.92 Å². The predicted molar refractivity (Wildman–Crippen MR) is 105 cm³/mol. The zero-order valence-corrected chi connectivity index (χ0v) is 15.4. The topological polar surface area (TPSA) is 67.4 Å². The lowest BCUT2D eigenvalue weighted by molar-refractivity contribution is -0.128. The molecule has 0 spiro atoms. The van der Waals surface area contributed by atoms with Gasteiger partial charge in [-0.3, -0.25) is 9.59 Å². The molecular weight excluding hydrogens is 340 g/mol. The number of amides is 2. The van der Waals surface area contributed by atoms with Gasteiger partial charge in [-0.2, -0.15) is 0 Å². The Morgan fingerprint density at radius 3 is 2.41 bits per heavy atom. The summed E-state index contributed by atoms with van der Waals surface area (Å²) in [6.07, 6.45) is 4.07. The van der Waals surface area contributed by atoms with Gasteiger partial charge >= 0.3 is 0 Å². The van der Waals surface area contributed by atoms with Crippen molar-refractivity contribution in [3.05, 3.63) is 54.6 Å². The average molecular weight is 366 g/mol. The van der Waals surface area contributed by atoms with Crippen LogP contribution in [0.2, 0.25) is 0 Å². The highest BCUT2D eigenvalue weighted by Gasteiger charge is 2.22. The summed E-state index contributed by atoms with van der Waals surface area (Å²) in [5.74, 6) is 0.667. The van der Waals surface area contributed by atoms with Crippen LogP contribution in [0.15, 0.2) is 54.6 Å². The van der Waals surface area contributed by atoms with Gasteiger partial charge in [-0.1, -0.05) is 61.4 Å². The summed E-state index contributed by atoms with van der Waals surface area (Å²) in [6.45, 7) is 0.781. The summed E-state index contributed by atoms with van der Waals surface area (Å²) in [7, 11) is 0. The molecular formula is C22H26N2O3. The molecule has 0 bridgehead atoms. The zero-order valence-electron chi connectivity index (χ0n) is 15.4. The Kier molecular flexibility index (Phi) is 6.85. The summed E-state index contributed by atoms with van der Waals surface area (Å²) < 4.78 is 5.85. The molecule has 142 valence electrons. The minimum absolute atomic E-state index is 0.00399. The van der Waals surface area contributed by atoms with E-state index in [2.05, 4.69) is 10.6 Å². The maximum Gasteiger partial charge on any atom is 0.239 e. The van der Waals surface area contributed by atoms with Crippen LogP contribution in [-0.2, 0) is 9.59 Å². The van der Waals surface area contributed by atoms with Gasteiger partial charge in [0.25, 0.3) is 0 Å². The minimum Gasteiger partial charge on any atom is -0.491 e. The quantitative estimate of drug-likeness (QED) is 0.705. The predicted octanol–water partition coefficient (Wildman–Crippen LogP) is 3.16. The summed E-state index contributed by atoms with van der Waals surface area (Å²) in [6, 6.07) is 17.9. The molecule has 0 atom stereocenters. The molecule has 5 nitrogen and oxygen atoms in total. The first-order valence-corrected chi connectivity index (χ1v) is 9.55. The van der Waals surface area contributed by atoms with Crippen molar-refractivity contribution in [1.82, 2.24) is 10.6 Å². The first kappa shape index (κ1) is 19.0. The van der Waals surface area contributed by atoms with Crippen LogP contribution in [0.25, 0.3) is 11.1 Å². The Morgan fingerprint density at radius 1 is 0.926 bits per heavy atom. The van der Waals surface area contributed by atoms with E-state index < -0.39 is 0 Å². The molecule has 27 heavy (non-hydrogen) atoms. The largest absolute Gasteiger partial charge is 0.491 e. The van der Waals surface area contributed by atoms with E-state index in [4.69, 9.17) is 4.74 Å². The lowest BCUT2D eigenvalue weighted by atomic mass is 10.1. The second-order valence-corrected chi connectivity index (χ2v) is 6.76. The fourth-order valence-corrected chi connectivity index (χ4v) is 3.36. The van der Waals surface area contributed by atoms with Crippen molar-refractivity contribution in [2.45, 2.75) is 25.7 Å². The number of rotatable bonds is 8. The molecule has 0 radical (unpaired) electrons. The van der Waals surface area contributed by atoms with Crippen LogP contribution in [-0.4, -0.2) is 31.5 Å². The van der Waals surface area contributed by atoms with E-state index in [1.54, 1.807) is 0 Å². The van der Waals surface area contributed by atoms with Crippen LogP contribution in [0.5, 0.6) is 5.75 Å². The van der Waals surface area contributed by atoms with Gasteiger partial charge in [-0.05, 0) is 24.5 Å². The van der Waals surface area contributed by atoms with E-state index in [1.807, 2.05) is 54.6 Å². The average Bonchev–Trinajstić information content (AvgIpc) is 3.25. The van der Waals surface area contributed by atoms with Crippen molar-refractivity contribution in [2.75, 3.05) is 19.7 Å². The number of para-hydroxylation sites is 1. The number of hydrogen-bond donors (Lipinski definition) is 2. The molecule has 2 amide bonds. The minimum atomic E-state index is -0.193. The Morgan fingerprint density at radius 2 is 1.63 bits per heavy atom. The smallest absolute Gasteiger partial charge is 0.239 e. The Labute approximate surface area is 160 Å². The third-order valence-electron chi connectivity index (χ3n) is 4.80. The Bertz CT molecular complexity index is 755. The SMILES string of the molecule is O=C(CNC(=O)C1CCCC1)NCCOc1ccccc1-c1ccccc1. The number of carbonyl (C=O) groups excluding carboxylic acids is 2. The third kappa shape index (κ3) is 5.58. The first-order chi connectivity index (χ1) is 13.2. The van der Waals surface area contributed by atoms with Crippen molar-refractivity contribution < 1.29 is 14.3 Å². The molecule has 2 aromatic rings. The molecule has 0 saturated heterocycles.